The van der Waals surface area contributed by atoms with Gasteiger partial charge >= 0.3 is 0 Å². The molecule has 2 heterocycles. The smallest absolute Gasteiger partial charge is 0.116 e. The number of hydrogen-bond acceptors (Lipinski definition) is 3. The van der Waals surface area contributed by atoms with Gasteiger partial charge in [0.1, 0.15) is 5.75 Å². The van der Waals surface area contributed by atoms with Crippen LogP contribution in [0.2, 0.25) is 0 Å². The second-order valence-electron chi connectivity index (χ2n) is 4.36. The van der Waals surface area contributed by atoms with Gasteiger partial charge in [-0.3, -0.25) is 4.98 Å². The topological polar surface area (TPSA) is 72.7 Å². The third-order valence-electron chi connectivity index (χ3n) is 3.06. The van der Waals surface area contributed by atoms with E-state index in [0.29, 0.717) is 5.57 Å². The number of benzene rings is 1. The summed E-state index contributed by atoms with van der Waals surface area (Å²) in [6.07, 6.45) is 5.18. The molecule has 0 atom stereocenters. The van der Waals surface area contributed by atoms with Crippen LogP contribution in [-0.2, 0) is 0 Å². The normalized spacial score (nSPS) is 11.4. The Morgan fingerprint density at radius 1 is 1.30 bits per heavy atom. The molecule has 0 spiro atoms. The fourth-order valence-corrected chi connectivity index (χ4v) is 2.11. The van der Waals surface area contributed by atoms with E-state index in [1.165, 1.54) is 0 Å². The molecule has 20 heavy (non-hydrogen) atoms. The largest absolute Gasteiger partial charge is 0.508 e. The maximum atomic E-state index is 9.59. The van der Waals surface area contributed by atoms with Crippen molar-refractivity contribution >= 4 is 22.6 Å². The van der Waals surface area contributed by atoms with Crippen molar-refractivity contribution in [2.24, 2.45) is 0 Å². The van der Waals surface area contributed by atoms with Crippen LogP contribution in [0.15, 0.2) is 48.8 Å². The second kappa shape index (κ2) is 4.90. The number of pyridine rings is 1. The number of allylic oxidation sites excluding steroid dienone is 1. The summed E-state index contributed by atoms with van der Waals surface area (Å²) in [5.74, 6) is 0.175. The molecule has 0 aliphatic heterocycles. The highest BCUT2D eigenvalue weighted by atomic mass is 16.3. The lowest BCUT2D eigenvalue weighted by molar-refractivity contribution is 0.476. The van der Waals surface area contributed by atoms with E-state index in [9.17, 15) is 10.4 Å². The lowest BCUT2D eigenvalue weighted by Crippen LogP contribution is -1.82. The minimum absolute atomic E-state index is 0.175. The van der Waals surface area contributed by atoms with Gasteiger partial charge in [0.15, 0.2) is 0 Å². The van der Waals surface area contributed by atoms with Crippen LogP contribution in [0.25, 0.3) is 22.6 Å². The summed E-state index contributed by atoms with van der Waals surface area (Å²) in [6.45, 7) is 0. The predicted molar refractivity (Wildman–Crippen MR) is 77.7 cm³/mol. The summed E-state index contributed by atoms with van der Waals surface area (Å²) in [4.78, 5) is 7.28. The number of aromatic hydroxyl groups is 1. The van der Waals surface area contributed by atoms with Crippen molar-refractivity contribution in [1.29, 1.82) is 5.26 Å². The average Bonchev–Trinajstić information content (AvgIpc) is 2.89. The van der Waals surface area contributed by atoms with Gasteiger partial charge in [0.05, 0.1) is 17.3 Å². The van der Waals surface area contributed by atoms with Crippen LogP contribution in [0.1, 0.15) is 11.3 Å². The molecule has 0 fully saturated rings. The first-order valence-electron chi connectivity index (χ1n) is 6.11. The number of nitrogens with one attached hydrogen (secondary N) is 1. The van der Waals surface area contributed by atoms with Crippen LogP contribution >= 0.6 is 0 Å². The molecule has 0 saturated carbocycles. The van der Waals surface area contributed by atoms with E-state index in [4.69, 9.17) is 0 Å². The van der Waals surface area contributed by atoms with Crippen LogP contribution < -0.4 is 0 Å². The molecular weight excluding hydrogens is 250 g/mol. The van der Waals surface area contributed by atoms with E-state index < -0.39 is 0 Å². The number of phenols is 1. The third-order valence-corrected chi connectivity index (χ3v) is 3.06. The van der Waals surface area contributed by atoms with Gasteiger partial charge in [-0.2, -0.15) is 5.26 Å². The summed E-state index contributed by atoms with van der Waals surface area (Å²) >= 11 is 0. The molecule has 0 saturated heterocycles. The number of fused-ring (bicyclic) bond motifs is 1. The molecule has 0 aliphatic carbocycles. The minimum atomic E-state index is 0.175. The molecule has 96 valence electrons. The lowest BCUT2D eigenvalue weighted by Gasteiger charge is -1.98. The van der Waals surface area contributed by atoms with E-state index >= 15 is 0 Å². The molecule has 4 nitrogen and oxygen atoms in total. The van der Waals surface area contributed by atoms with Crippen LogP contribution in [-0.4, -0.2) is 15.1 Å². The van der Waals surface area contributed by atoms with Crippen LogP contribution in [0.5, 0.6) is 5.75 Å². The molecule has 0 amide bonds. The van der Waals surface area contributed by atoms with Gasteiger partial charge in [-0.15, -0.1) is 0 Å². The highest BCUT2D eigenvalue weighted by Gasteiger charge is 2.09. The van der Waals surface area contributed by atoms with Crippen molar-refractivity contribution in [3.8, 4) is 11.8 Å². The number of phenolic OH excluding ortho intramolecular Hbond substituents is 1. The van der Waals surface area contributed by atoms with Crippen molar-refractivity contribution in [1.82, 2.24) is 9.97 Å². The highest BCUT2D eigenvalue weighted by molar-refractivity contribution is 6.01. The van der Waals surface area contributed by atoms with Crippen molar-refractivity contribution < 1.29 is 5.11 Å². The quantitative estimate of drug-likeness (QED) is 0.695. The predicted octanol–water partition coefficient (Wildman–Crippen LogP) is 3.33. The Balaban J connectivity index is 2.16. The Bertz CT molecular complexity index is 826. The Hall–Kier alpha value is -3.06. The lowest BCUT2D eigenvalue weighted by atomic mass is 10.0. The second-order valence-corrected chi connectivity index (χ2v) is 4.36. The van der Waals surface area contributed by atoms with Gasteiger partial charge < -0.3 is 10.1 Å². The number of H-pyrrole nitrogens is 1. The van der Waals surface area contributed by atoms with Crippen molar-refractivity contribution in [2.75, 3.05) is 0 Å². The maximum absolute atomic E-state index is 9.59. The number of aromatic amines is 1. The molecule has 4 heteroatoms. The number of rotatable bonds is 2. The maximum Gasteiger partial charge on any atom is 0.116 e. The molecule has 2 N–H and O–H groups in total. The third kappa shape index (κ3) is 2.13. The van der Waals surface area contributed by atoms with Crippen LogP contribution in [0.4, 0.5) is 0 Å². The number of nitriles is 1. The van der Waals surface area contributed by atoms with E-state index in [0.717, 1.165) is 22.2 Å². The van der Waals surface area contributed by atoms with Crippen LogP contribution in [0.3, 0.4) is 0 Å². The van der Waals surface area contributed by atoms with E-state index in [-0.39, 0.29) is 5.75 Å². The van der Waals surface area contributed by atoms with Gasteiger partial charge in [0.2, 0.25) is 0 Å². The van der Waals surface area contributed by atoms with E-state index in [2.05, 4.69) is 16.0 Å². The molecule has 0 radical (unpaired) electrons. The fraction of sp³-hybridized carbons (Fsp3) is 0. The van der Waals surface area contributed by atoms with Gasteiger partial charge in [-0.25, -0.2) is 0 Å². The standard InChI is InChI=1S/C16H11N3O/c17-9-11(7-12-3-1-2-6-18-12)15-10-19-16-5-4-13(20)8-14(15)16/h1-8,10,19-20H/b11-7+. The zero-order valence-electron chi connectivity index (χ0n) is 10.5. The molecule has 2 aromatic heterocycles. The first-order valence-corrected chi connectivity index (χ1v) is 6.11. The van der Waals surface area contributed by atoms with Gasteiger partial charge in [-0.1, -0.05) is 6.07 Å². The number of aromatic nitrogens is 2. The van der Waals surface area contributed by atoms with Gasteiger partial charge in [-0.05, 0) is 36.4 Å². The molecule has 1 aromatic carbocycles. The zero-order chi connectivity index (χ0) is 13.9. The molecule has 0 unspecified atom stereocenters. The SMILES string of the molecule is N#C/C(=C\c1ccccn1)c1c[nH]c2ccc(O)cc12. The fourth-order valence-electron chi connectivity index (χ4n) is 2.11. The van der Waals surface area contributed by atoms with E-state index in [1.807, 2.05) is 18.2 Å². The van der Waals surface area contributed by atoms with Gasteiger partial charge in [0, 0.05) is 28.9 Å². The molecular formula is C16H11N3O. The zero-order valence-corrected chi connectivity index (χ0v) is 10.5. The Kier molecular flexibility index (Phi) is 2.94. The molecule has 0 bridgehead atoms. The summed E-state index contributed by atoms with van der Waals surface area (Å²) in [7, 11) is 0. The molecule has 3 aromatic rings. The summed E-state index contributed by atoms with van der Waals surface area (Å²) in [5.41, 5.74) is 2.85. The van der Waals surface area contributed by atoms with Gasteiger partial charge in [0.25, 0.3) is 0 Å². The van der Waals surface area contributed by atoms with Crippen molar-refractivity contribution in [3.05, 3.63) is 60.0 Å². The Labute approximate surface area is 115 Å². The monoisotopic (exact) mass is 261 g/mol. The molecule has 3 rings (SSSR count). The number of hydrogen-bond donors (Lipinski definition) is 2. The van der Waals surface area contributed by atoms with Crippen molar-refractivity contribution in [3.63, 3.8) is 0 Å². The first kappa shape index (κ1) is 12.0. The summed E-state index contributed by atoms with van der Waals surface area (Å²) in [5, 5.41) is 19.8. The van der Waals surface area contributed by atoms with Crippen molar-refractivity contribution in [2.45, 2.75) is 0 Å². The van der Waals surface area contributed by atoms with E-state index in [1.54, 1.807) is 36.7 Å². The Morgan fingerprint density at radius 3 is 2.95 bits per heavy atom. The molecule has 0 aliphatic rings. The first-order chi connectivity index (χ1) is 9.78. The average molecular weight is 261 g/mol. The summed E-state index contributed by atoms with van der Waals surface area (Å²) < 4.78 is 0. The number of nitrogens with zero attached hydrogens (tertiary/aromatic N) is 2. The minimum Gasteiger partial charge on any atom is -0.508 e. The van der Waals surface area contributed by atoms with Crippen LogP contribution in [0, 0.1) is 11.3 Å². The summed E-state index contributed by atoms with van der Waals surface area (Å²) in [6, 6.07) is 12.8. The Morgan fingerprint density at radius 2 is 2.20 bits per heavy atom. The highest BCUT2D eigenvalue weighted by Crippen LogP contribution is 2.28.